The van der Waals surface area contributed by atoms with Crippen molar-refractivity contribution in [3.8, 4) is 0 Å². The molecule has 7 nitrogen and oxygen atoms in total. The first-order chi connectivity index (χ1) is 10.3. The van der Waals surface area contributed by atoms with Gasteiger partial charge in [0.25, 0.3) is 0 Å². The summed E-state index contributed by atoms with van der Waals surface area (Å²) in [4.78, 5) is 2.42. The predicted octanol–water partition coefficient (Wildman–Crippen LogP) is 0.793. The fourth-order valence-corrected chi connectivity index (χ4v) is 3.72. The molecule has 2 heterocycles. The number of aromatic nitrogens is 3. The number of rotatable bonds is 6. The van der Waals surface area contributed by atoms with Gasteiger partial charge >= 0.3 is 0 Å². The summed E-state index contributed by atoms with van der Waals surface area (Å²) in [5.74, 6) is 1.79. The molecule has 0 fully saturated rings. The predicted molar refractivity (Wildman–Crippen MR) is 86.0 cm³/mol. The highest BCUT2D eigenvalue weighted by molar-refractivity contribution is 7.88. The van der Waals surface area contributed by atoms with Gasteiger partial charge in [-0.2, -0.15) is 0 Å². The van der Waals surface area contributed by atoms with Crippen molar-refractivity contribution >= 4 is 10.0 Å². The third-order valence-electron chi connectivity index (χ3n) is 3.97. The van der Waals surface area contributed by atoms with Crippen LogP contribution in [0.25, 0.3) is 0 Å². The summed E-state index contributed by atoms with van der Waals surface area (Å²) < 4.78 is 28.1. The van der Waals surface area contributed by atoms with E-state index in [-0.39, 0.29) is 12.0 Å². The van der Waals surface area contributed by atoms with Gasteiger partial charge in [0.2, 0.25) is 10.0 Å². The molecule has 0 bridgehead atoms. The molecule has 1 unspecified atom stereocenters. The van der Waals surface area contributed by atoms with E-state index < -0.39 is 10.0 Å². The van der Waals surface area contributed by atoms with Gasteiger partial charge in [0.05, 0.1) is 12.3 Å². The Kier molecular flexibility index (Phi) is 5.57. The quantitative estimate of drug-likeness (QED) is 0.835. The van der Waals surface area contributed by atoms with Crippen LogP contribution in [-0.4, -0.2) is 54.0 Å². The Bertz CT molecular complexity index is 596. The first kappa shape index (κ1) is 17.4. The molecule has 1 N–H and O–H groups in total. The van der Waals surface area contributed by atoms with Crippen LogP contribution in [0.4, 0.5) is 0 Å². The van der Waals surface area contributed by atoms with E-state index in [1.54, 1.807) is 0 Å². The highest BCUT2D eigenvalue weighted by Crippen LogP contribution is 2.23. The van der Waals surface area contributed by atoms with E-state index in [0.717, 1.165) is 50.7 Å². The molecule has 126 valence electrons. The van der Waals surface area contributed by atoms with E-state index in [1.807, 2.05) is 13.8 Å². The van der Waals surface area contributed by atoms with Crippen molar-refractivity contribution in [2.45, 2.75) is 46.2 Å². The van der Waals surface area contributed by atoms with Crippen molar-refractivity contribution in [3.05, 3.63) is 11.6 Å². The maximum absolute atomic E-state index is 11.6. The van der Waals surface area contributed by atoms with Crippen LogP contribution in [0, 0.1) is 5.92 Å². The van der Waals surface area contributed by atoms with Gasteiger partial charge in [-0.1, -0.05) is 20.8 Å². The second-order valence-corrected chi connectivity index (χ2v) is 8.11. The number of nitrogens with one attached hydrogen (secondary N) is 1. The van der Waals surface area contributed by atoms with E-state index in [2.05, 4.69) is 31.3 Å². The Morgan fingerprint density at radius 1 is 1.23 bits per heavy atom. The summed E-state index contributed by atoms with van der Waals surface area (Å²) >= 11 is 0. The lowest BCUT2D eigenvalue weighted by Gasteiger charge is -2.22. The molecule has 22 heavy (non-hydrogen) atoms. The van der Waals surface area contributed by atoms with E-state index >= 15 is 0 Å². The van der Waals surface area contributed by atoms with Gasteiger partial charge in [0, 0.05) is 26.1 Å². The number of sulfonamides is 1. The molecule has 0 aliphatic carbocycles. The summed E-state index contributed by atoms with van der Waals surface area (Å²) in [6.07, 6.45) is 3.18. The molecule has 2 rings (SSSR count). The van der Waals surface area contributed by atoms with Crippen molar-refractivity contribution in [1.82, 2.24) is 24.4 Å². The van der Waals surface area contributed by atoms with E-state index in [0.29, 0.717) is 0 Å². The molecular weight excluding hydrogens is 302 g/mol. The third-order valence-corrected chi connectivity index (χ3v) is 4.66. The maximum atomic E-state index is 11.6. The average Bonchev–Trinajstić information content (AvgIpc) is 2.70. The van der Waals surface area contributed by atoms with Crippen molar-refractivity contribution in [2.75, 3.05) is 25.9 Å². The summed E-state index contributed by atoms with van der Waals surface area (Å²) in [6, 6.07) is -0.339. The molecular formula is C14H27N5O2S. The number of fused-ring (bicyclic) bond motifs is 1. The Morgan fingerprint density at radius 2 is 1.95 bits per heavy atom. The second kappa shape index (κ2) is 7.06. The number of nitrogens with zero attached hydrogens (tertiary/aromatic N) is 4. The minimum Gasteiger partial charge on any atom is -0.312 e. The standard InChI is InChI=1S/C14H27N5O2S/c1-5-7-18-8-6-12-15-16-14(19(12)10-9-18)13(11(2)3)17-22(4,20)21/h11,13,17H,5-10H2,1-4H3. The summed E-state index contributed by atoms with van der Waals surface area (Å²) in [7, 11) is -3.29. The number of hydrogen-bond acceptors (Lipinski definition) is 5. The monoisotopic (exact) mass is 329 g/mol. The molecule has 1 aliphatic heterocycles. The minimum atomic E-state index is -3.29. The maximum Gasteiger partial charge on any atom is 0.209 e. The Balaban J connectivity index is 2.25. The zero-order chi connectivity index (χ0) is 16.3. The molecule has 1 aliphatic rings. The minimum absolute atomic E-state index is 0.109. The molecule has 1 aromatic heterocycles. The van der Waals surface area contributed by atoms with Crippen LogP contribution in [0.1, 0.15) is 44.9 Å². The smallest absolute Gasteiger partial charge is 0.209 e. The molecule has 0 saturated carbocycles. The molecule has 0 spiro atoms. The van der Waals surface area contributed by atoms with Crippen LogP contribution in [0.3, 0.4) is 0 Å². The van der Waals surface area contributed by atoms with E-state index in [9.17, 15) is 8.42 Å². The van der Waals surface area contributed by atoms with Gasteiger partial charge < -0.3 is 9.47 Å². The lowest BCUT2D eigenvalue weighted by Crippen LogP contribution is -2.33. The first-order valence-corrected chi connectivity index (χ1v) is 9.82. The first-order valence-electron chi connectivity index (χ1n) is 7.93. The van der Waals surface area contributed by atoms with Crippen molar-refractivity contribution in [3.63, 3.8) is 0 Å². The number of hydrogen-bond donors (Lipinski definition) is 1. The van der Waals surface area contributed by atoms with Crippen LogP contribution in [0.5, 0.6) is 0 Å². The molecule has 1 atom stereocenters. The fraction of sp³-hybridized carbons (Fsp3) is 0.857. The zero-order valence-corrected chi connectivity index (χ0v) is 14.7. The highest BCUT2D eigenvalue weighted by Gasteiger charge is 2.28. The Hall–Kier alpha value is -0.990. The average molecular weight is 329 g/mol. The Labute approximate surface area is 133 Å². The van der Waals surface area contributed by atoms with Gasteiger partial charge in [0.15, 0.2) is 5.82 Å². The third kappa shape index (κ3) is 4.27. The van der Waals surface area contributed by atoms with Gasteiger partial charge in [-0.15, -0.1) is 10.2 Å². The van der Waals surface area contributed by atoms with Crippen LogP contribution < -0.4 is 4.72 Å². The zero-order valence-electron chi connectivity index (χ0n) is 13.9. The molecule has 0 radical (unpaired) electrons. The lowest BCUT2D eigenvalue weighted by atomic mass is 10.1. The van der Waals surface area contributed by atoms with Crippen molar-refractivity contribution < 1.29 is 8.42 Å². The van der Waals surface area contributed by atoms with Gasteiger partial charge in [-0.25, -0.2) is 13.1 Å². The SMILES string of the molecule is CCCN1CCc2nnc(C(NS(C)(=O)=O)C(C)C)n2CC1. The topological polar surface area (TPSA) is 80.1 Å². The van der Waals surface area contributed by atoms with Crippen LogP contribution >= 0.6 is 0 Å². The molecule has 0 saturated heterocycles. The van der Waals surface area contributed by atoms with E-state index in [1.165, 1.54) is 6.26 Å². The molecule has 0 amide bonds. The largest absolute Gasteiger partial charge is 0.312 e. The van der Waals surface area contributed by atoms with Gasteiger partial charge in [0.1, 0.15) is 5.82 Å². The molecule has 1 aromatic rings. The van der Waals surface area contributed by atoms with Crippen molar-refractivity contribution in [1.29, 1.82) is 0 Å². The highest BCUT2D eigenvalue weighted by atomic mass is 32.2. The van der Waals surface area contributed by atoms with Crippen LogP contribution in [0.15, 0.2) is 0 Å². The van der Waals surface area contributed by atoms with E-state index in [4.69, 9.17) is 0 Å². The summed E-state index contributed by atoms with van der Waals surface area (Å²) in [5.41, 5.74) is 0. The van der Waals surface area contributed by atoms with Crippen molar-refractivity contribution in [2.24, 2.45) is 5.92 Å². The fourth-order valence-electron chi connectivity index (χ4n) is 2.88. The molecule has 8 heteroatoms. The van der Waals surface area contributed by atoms with Gasteiger partial charge in [-0.05, 0) is 18.9 Å². The summed E-state index contributed by atoms with van der Waals surface area (Å²) in [6.45, 7) is 10.00. The van der Waals surface area contributed by atoms with Crippen LogP contribution in [0.2, 0.25) is 0 Å². The lowest BCUT2D eigenvalue weighted by molar-refractivity contribution is 0.277. The molecule has 0 aromatic carbocycles. The normalized spacial score (nSPS) is 18.2. The Morgan fingerprint density at radius 3 is 2.55 bits per heavy atom. The van der Waals surface area contributed by atoms with Gasteiger partial charge in [-0.3, -0.25) is 0 Å². The summed E-state index contributed by atoms with van der Waals surface area (Å²) in [5, 5.41) is 8.58. The van der Waals surface area contributed by atoms with Crippen LogP contribution in [-0.2, 0) is 23.0 Å². The second-order valence-electron chi connectivity index (χ2n) is 6.33.